The average molecular weight is 332 g/mol. The van der Waals surface area contributed by atoms with Crippen LogP contribution in [0.1, 0.15) is 29.9 Å². The highest BCUT2D eigenvalue weighted by Crippen LogP contribution is 2.40. The van der Waals surface area contributed by atoms with Gasteiger partial charge in [-0.2, -0.15) is 5.10 Å². The second-order valence-electron chi connectivity index (χ2n) is 6.46. The molecule has 0 spiro atoms. The van der Waals surface area contributed by atoms with E-state index >= 15 is 0 Å². The smallest absolute Gasteiger partial charge is 0.221 e. The monoisotopic (exact) mass is 332 g/mol. The summed E-state index contributed by atoms with van der Waals surface area (Å²) in [7, 11) is 0. The van der Waals surface area contributed by atoms with Gasteiger partial charge in [-0.05, 0) is 43.2 Å². The van der Waals surface area contributed by atoms with Crippen LogP contribution >= 0.6 is 0 Å². The summed E-state index contributed by atoms with van der Waals surface area (Å²) in [4.78, 5) is 11.2. The molecule has 2 N–H and O–H groups in total. The molecule has 2 heterocycles. The maximum atomic E-state index is 11.2. The zero-order chi connectivity index (χ0) is 17.6. The molecule has 1 atom stereocenters. The largest absolute Gasteiger partial charge is 0.359 e. The quantitative estimate of drug-likeness (QED) is 0.743. The molecule has 0 saturated heterocycles. The summed E-state index contributed by atoms with van der Waals surface area (Å²) < 4.78 is 2.03. The van der Waals surface area contributed by atoms with Crippen LogP contribution in [0.3, 0.4) is 0 Å². The molecular weight excluding hydrogens is 312 g/mol. The molecule has 25 heavy (non-hydrogen) atoms. The van der Waals surface area contributed by atoms with Crippen molar-refractivity contribution in [1.29, 1.82) is 0 Å². The van der Waals surface area contributed by atoms with E-state index in [9.17, 15) is 4.79 Å². The number of fused-ring (bicyclic) bond motifs is 3. The molecule has 2 aromatic carbocycles. The van der Waals surface area contributed by atoms with Crippen LogP contribution in [0.5, 0.6) is 0 Å². The number of benzene rings is 2. The summed E-state index contributed by atoms with van der Waals surface area (Å²) in [6, 6.07) is 16.3. The fraction of sp³-hybridized carbons (Fsp3) is 0.200. The molecule has 1 aliphatic rings. The molecule has 1 unspecified atom stereocenters. The predicted molar refractivity (Wildman–Crippen MR) is 99.6 cm³/mol. The summed E-state index contributed by atoms with van der Waals surface area (Å²) in [5, 5.41) is 11.1. The average Bonchev–Trinajstić information content (AvgIpc) is 2.97. The van der Waals surface area contributed by atoms with Gasteiger partial charge >= 0.3 is 0 Å². The van der Waals surface area contributed by atoms with E-state index in [0.29, 0.717) is 0 Å². The number of aromatic nitrogens is 2. The van der Waals surface area contributed by atoms with Gasteiger partial charge in [0.05, 0.1) is 11.4 Å². The number of anilines is 2. The molecule has 0 saturated carbocycles. The molecule has 4 rings (SSSR count). The number of hydrogen-bond acceptors (Lipinski definition) is 3. The number of amides is 1. The Kier molecular flexibility index (Phi) is 3.57. The van der Waals surface area contributed by atoms with E-state index < -0.39 is 0 Å². The van der Waals surface area contributed by atoms with Gasteiger partial charge in [0.1, 0.15) is 6.17 Å². The molecular formula is C20H20N4O. The summed E-state index contributed by atoms with van der Waals surface area (Å²) in [6.07, 6.45) is -0.0799. The lowest BCUT2D eigenvalue weighted by molar-refractivity contribution is -0.114. The lowest BCUT2D eigenvalue weighted by Gasteiger charge is -2.30. The molecule has 0 radical (unpaired) electrons. The molecule has 1 amide bonds. The van der Waals surface area contributed by atoms with Crippen molar-refractivity contribution in [3.05, 3.63) is 65.4 Å². The maximum absolute atomic E-state index is 11.2. The van der Waals surface area contributed by atoms with Crippen LogP contribution in [0.2, 0.25) is 0 Å². The van der Waals surface area contributed by atoms with Gasteiger partial charge in [0, 0.05) is 23.9 Å². The van der Waals surface area contributed by atoms with E-state index in [-0.39, 0.29) is 12.1 Å². The Morgan fingerprint density at radius 2 is 1.92 bits per heavy atom. The van der Waals surface area contributed by atoms with Crippen LogP contribution in [0.4, 0.5) is 11.4 Å². The van der Waals surface area contributed by atoms with E-state index in [1.54, 1.807) is 0 Å². The molecule has 1 aliphatic heterocycles. The molecule has 1 aromatic heterocycles. The number of aryl methyl sites for hydroxylation is 2. The van der Waals surface area contributed by atoms with Crippen LogP contribution < -0.4 is 10.6 Å². The second kappa shape index (κ2) is 5.77. The topological polar surface area (TPSA) is 59.0 Å². The maximum Gasteiger partial charge on any atom is 0.221 e. The Labute approximate surface area is 146 Å². The van der Waals surface area contributed by atoms with Crippen molar-refractivity contribution >= 4 is 17.3 Å². The van der Waals surface area contributed by atoms with Crippen molar-refractivity contribution in [2.45, 2.75) is 26.9 Å². The van der Waals surface area contributed by atoms with Crippen molar-refractivity contribution in [3.63, 3.8) is 0 Å². The molecule has 0 aliphatic carbocycles. The van der Waals surface area contributed by atoms with Crippen molar-refractivity contribution in [3.8, 4) is 11.3 Å². The highest BCUT2D eigenvalue weighted by atomic mass is 16.1. The number of rotatable bonds is 2. The predicted octanol–water partition coefficient (Wildman–Crippen LogP) is 4.10. The minimum absolute atomic E-state index is 0.0712. The lowest BCUT2D eigenvalue weighted by Crippen LogP contribution is -2.26. The number of nitrogens with one attached hydrogen (secondary N) is 2. The first-order valence-corrected chi connectivity index (χ1v) is 8.33. The molecule has 3 aromatic rings. The van der Waals surface area contributed by atoms with E-state index in [2.05, 4.69) is 41.8 Å². The van der Waals surface area contributed by atoms with Crippen LogP contribution in [-0.4, -0.2) is 15.7 Å². The number of carbonyl (C=O) groups is 1. The first-order chi connectivity index (χ1) is 12.0. The Bertz CT molecular complexity index is 956. The summed E-state index contributed by atoms with van der Waals surface area (Å²) in [5.74, 6) is -0.0712. The standard InChI is InChI=1S/C20H20N4O/c1-12-5-4-6-17-18-11-13(2)23-24(18)20(22-19(12)17)15-7-9-16(10-8-15)21-14(3)25/h4-11,20,22H,1-3H3,(H,21,25). The van der Waals surface area contributed by atoms with Gasteiger partial charge in [-0.3, -0.25) is 4.79 Å². The SMILES string of the molecule is CC(=O)Nc1ccc(C2Nc3c(C)cccc3-c3cc(C)nn32)cc1. The lowest BCUT2D eigenvalue weighted by atomic mass is 10.0. The highest BCUT2D eigenvalue weighted by Gasteiger charge is 2.27. The normalized spacial score (nSPS) is 15.1. The van der Waals surface area contributed by atoms with Crippen molar-refractivity contribution in [1.82, 2.24) is 9.78 Å². The van der Waals surface area contributed by atoms with Gasteiger partial charge < -0.3 is 10.6 Å². The van der Waals surface area contributed by atoms with Crippen molar-refractivity contribution in [2.24, 2.45) is 0 Å². The van der Waals surface area contributed by atoms with Gasteiger partial charge in [-0.25, -0.2) is 4.68 Å². The third-order valence-corrected chi connectivity index (χ3v) is 4.48. The number of nitrogens with zero attached hydrogens (tertiary/aromatic N) is 2. The Balaban J connectivity index is 1.78. The Morgan fingerprint density at radius 3 is 2.64 bits per heavy atom. The minimum atomic E-state index is -0.0799. The molecule has 5 heteroatoms. The number of carbonyl (C=O) groups excluding carboxylic acids is 1. The first kappa shape index (κ1) is 15.4. The molecule has 0 bridgehead atoms. The van der Waals surface area contributed by atoms with Gasteiger partial charge in [-0.1, -0.05) is 30.3 Å². The van der Waals surface area contributed by atoms with Gasteiger partial charge in [0.2, 0.25) is 5.91 Å². The van der Waals surface area contributed by atoms with Gasteiger partial charge in [-0.15, -0.1) is 0 Å². The third-order valence-electron chi connectivity index (χ3n) is 4.48. The van der Waals surface area contributed by atoms with Crippen LogP contribution in [0.15, 0.2) is 48.5 Å². The summed E-state index contributed by atoms with van der Waals surface area (Å²) >= 11 is 0. The minimum Gasteiger partial charge on any atom is -0.359 e. The first-order valence-electron chi connectivity index (χ1n) is 8.33. The zero-order valence-electron chi connectivity index (χ0n) is 14.5. The molecule has 126 valence electrons. The van der Waals surface area contributed by atoms with E-state index in [4.69, 9.17) is 5.10 Å². The van der Waals surface area contributed by atoms with E-state index in [0.717, 1.165) is 28.3 Å². The van der Waals surface area contributed by atoms with Gasteiger partial charge in [0.15, 0.2) is 0 Å². The second-order valence-corrected chi connectivity index (χ2v) is 6.46. The van der Waals surface area contributed by atoms with Gasteiger partial charge in [0.25, 0.3) is 0 Å². The molecule has 5 nitrogen and oxygen atoms in total. The third kappa shape index (κ3) is 2.67. The Morgan fingerprint density at radius 1 is 1.16 bits per heavy atom. The van der Waals surface area contributed by atoms with Crippen LogP contribution in [0.25, 0.3) is 11.3 Å². The fourth-order valence-corrected chi connectivity index (χ4v) is 3.36. The van der Waals surface area contributed by atoms with Crippen LogP contribution in [-0.2, 0) is 4.79 Å². The Hall–Kier alpha value is -3.08. The summed E-state index contributed by atoms with van der Waals surface area (Å²) in [5.41, 5.74) is 7.52. The summed E-state index contributed by atoms with van der Waals surface area (Å²) in [6.45, 7) is 5.63. The van der Waals surface area contributed by atoms with Crippen LogP contribution in [0, 0.1) is 13.8 Å². The van der Waals surface area contributed by atoms with Crippen molar-refractivity contribution < 1.29 is 4.79 Å². The molecule has 0 fully saturated rings. The van der Waals surface area contributed by atoms with Crippen molar-refractivity contribution in [2.75, 3.05) is 10.6 Å². The number of hydrogen-bond donors (Lipinski definition) is 2. The van der Waals surface area contributed by atoms with E-state index in [1.165, 1.54) is 18.1 Å². The zero-order valence-corrected chi connectivity index (χ0v) is 14.5. The highest BCUT2D eigenvalue weighted by molar-refractivity contribution is 5.88. The van der Waals surface area contributed by atoms with E-state index in [1.807, 2.05) is 35.9 Å². The fourth-order valence-electron chi connectivity index (χ4n) is 3.36. The number of para-hydroxylation sites is 1.